The van der Waals surface area contributed by atoms with Crippen LogP contribution in [0.5, 0.6) is 0 Å². The van der Waals surface area contributed by atoms with Crippen molar-refractivity contribution in [2.75, 3.05) is 46.8 Å². The third-order valence-corrected chi connectivity index (χ3v) is 5.34. The zero-order chi connectivity index (χ0) is 17.4. The summed E-state index contributed by atoms with van der Waals surface area (Å²) in [6.45, 7) is 6.77. The number of hydrogen-bond acceptors (Lipinski definition) is 3. The van der Waals surface area contributed by atoms with Crippen molar-refractivity contribution in [3.05, 3.63) is 0 Å². The zero-order valence-corrected chi connectivity index (χ0v) is 15.7. The molecule has 138 valence electrons. The third-order valence-electron chi connectivity index (χ3n) is 5.34. The van der Waals surface area contributed by atoms with E-state index in [-0.39, 0.29) is 5.92 Å². The lowest BCUT2D eigenvalue weighted by atomic mass is 9.88. The molecule has 2 rings (SSSR count). The molecule has 1 aliphatic carbocycles. The Kier molecular flexibility index (Phi) is 7.82. The fourth-order valence-electron chi connectivity index (χ4n) is 3.60. The lowest BCUT2D eigenvalue weighted by Crippen LogP contribution is -2.47. The summed E-state index contributed by atoms with van der Waals surface area (Å²) in [6.07, 6.45) is 6.91. The summed E-state index contributed by atoms with van der Waals surface area (Å²) in [5, 5.41) is 6.83. The van der Waals surface area contributed by atoms with Crippen molar-refractivity contribution in [1.29, 1.82) is 0 Å². The summed E-state index contributed by atoms with van der Waals surface area (Å²) in [4.78, 5) is 21.3. The van der Waals surface area contributed by atoms with Gasteiger partial charge in [-0.15, -0.1) is 0 Å². The van der Waals surface area contributed by atoms with Crippen molar-refractivity contribution < 1.29 is 4.79 Å². The van der Waals surface area contributed by atoms with E-state index in [4.69, 9.17) is 0 Å². The first-order chi connectivity index (χ1) is 11.6. The van der Waals surface area contributed by atoms with Crippen molar-refractivity contribution in [2.24, 2.45) is 10.9 Å². The minimum Gasteiger partial charge on any atom is -0.355 e. The number of likely N-dealkylation sites (tertiary alicyclic amines) is 1. The molecular formula is C18H35N5O. The Hall–Kier alpha value is -1.30. The highest BCUT2D eigenvalue weighted by atomic mass is 16.2. The van der Waals surface area contributed by atoms with Gasteiger partial charge in [0.2, 0.25) is 5.91 Å². The van der Waals surface area contributed by atoms with Crippen LogP contribution in [0.2, 0.25) is 0 Å². The van der Waals surface area contributed by atoms with Gasteiger partial charge in [0.1, 0.15) is 0 Å². The van der Waals surface area contributed by atoms with Crippen LogP contribution in [0.25, 0.3) is 0 Å². The fourth-order valence-corrected chi connectivity index (χ4v) is 3.60. The van der Waals surface area contributed by atoms with Crippen LogP contribution in [0, 0.1) is 5.92 Å². The summed E-state index contributed by atoms with van der Waals surface area (Å²) in [6, 6.07) is 0.313. The van der Waals surface area contributed by atoms with Crippen LogP contribution in [0.15, 0.2) is 4.99 Å². The Labute approximate surface area is 147 Å². The van der Waals surface area contributed by atoms with Gasteiger partial charge in [0, 0.05) is 45.2 Å². The van der Waals surface area contributed by atoms with Crippen LogP contribution in [-0.4, -0.2) is 74.5 Å². The van der Waals surface area contributed by atoms with Crippen LogP contribution < -0.4 is 10.6 Å². The number of carbonyl (C=O) groups excluding carboxylic acids is 1. The highest BCUT2D eigenvalue weighted by Gasteiger charge is 2.31. The van der Waals surface area contributed by atoms with Crippen molar-refractivity contribution in [1.82, 2.24) is 20.4 Å². The minimum atomic E-state index is 0.277. The second kappa shape index (κ2) is 9.87. The molecule has 6 nitrogen and oxygen atoms in total. The van der Waals surface area contributed by atoms with Gasteiger partial charge in [-0.2, -0.15) is 0 Å². The number of aliphatic imine (C=N–C) groups is 1. The monoisotopic (exact) mass is 337 g/mol. The summed E-state index contributed by atoms with van der Waals surface area (Å²) < 4.78 is 0. The van der Waals surface area contributed by atoms with Crippen LogP contribution in [0.3, 0.4) is 0 Å². The van der Waals surface area contributed by atoms with E-state index < -0.39 is 0 Å². The van der Waals surface area contributed by atoms with Crippen molar-refractivity contribution >= 4 is 11.9 Å². The molecule has 1 unspecified atom stereocenters. The molecule has 2 fully saturated rings. The maximum Gasteiger partial charge on any atom is 0.225 e. The number of guanidine groups is 1. The first-order valence-corrected chi connectivity index (χ1v) is 9.58. The highest BCUT2D eigenvalue weighted by Crippen LogP contribution is 2.26. The average molecular weight is 338 g/mol. The van der Waals surface area contributed by atoms with E-state index in [2.05, 4.69) is 39.4 Å². The van der Waals surface area contributed by atoms with Gasteiger partial charge in [-0.1, -0.05) is 26.2 Å². The Bertz CT molecular complexity index is 420. The maximum absolute atomic E-state index is 12.6. The molecule has 0 bridgehead atoms. The van der Waals surface area contributed by atoms with E-state index in [0.29, 0.717) is 11.9 Å². The molecule has 1 atom stereocenters. The first-order valence-electron chi connectivity index (χ1n) is 9.58. The lowest BCUT2D eigenvalue weighted by Gasteiger charge is -2.26. The second-order valence-corrected chi connectivity index (χ2v) is 7.14. The Morgan fingerprint density at radius 2 is 2.00 bits per heavy atom. The van der Waals surface area contributed by atoms with Crippen molar-refractivity contribution in [2.45, 2.75) is 51.5 Å². The number of likely N-dealkylation sites (N-methyl/N-ethyl adjacent to an activating group) is 1. The topological polar surface area (TPSA) is 60.0 Å². The Balaban J connectivity index is 1.72. The van der Waals surface area contributed by atoms with E-state index in [1.54, 1.807) is 7.05 Å². The standard InChI is InChI=1S/C18H35N5O/c1-4-22(3)13-11-20-18(19-2)21-16-10-12-23(14-16)17(24)15-8-6-5-7-9-15/h15-16H,4-14H2,1-3H3,(H2,19,20,21). The molecule has 24 heavy (non-hydrogen) atoms. The molecule has 1 heterocycles. The number of nitrogens with one attached hydrogen (secondary N) is 2. The molecule has 1 amide bonds. The van der Waals surface area contributed by atoms with E-state index in [9.17, 15) is 4.79 Å². The fraction of sp³-hybridized carbons (Fsp3) is 0.889. The summed E-state index contributed by atoms with van der Waals surface area (Å²) in [7, 11) is 3.92. The molecule has 1 saturated carbocycles. The van der Waals surface area contributed by atoms with E-state index >= 15 is 0 Å². The molecular weight excluding hydrogens is 302 g/mol. The van der Waals surface area contributed by atoms with Gasteiger partial charge in [0.05, 0.1) is 0 Å². The lowest BCUT2D eigenvalue weighted by molar-refractivity contribution is -0.135. The molecule has 6 heteroatoms. The van der Waals surface area contributed by atoms with E-state index in [0.717, 1.165) is 57.9 Å². The molecule has 0 aromatic carbocycles. The van der Waals surface area contributed by atoms with Crippen molar-refractivity contribution in [3.63, 3.8) is 0 Å². The van der Waals surface area contributed by atoms with Gasteiger partial charge in [0.25, 0.3) is 0 Å². The highest BCUT2D eigenvalue weighted by molar-refractivity contribution is 5.81. The smallest absolute Gasteiger partial charge is 0.225 e. The predicted octanol–water partition coefficient (Wildman–Crippen LogP) is 1.28. The van der Waals surface area contributed by atoms with Gasteiger partial charge < -0.3 is 20.4 Å². The minimum absolute atomic E-state index is 0.277. The molecule has 0 aromatic heterocycles. The number of nitrogens with zero attached hydrogens (tertiary/aromatic N) is 3. The predicted molar refractivity (Wildman–Crippen MR) is 99.2 cm³/mol. The van der Waals surface area contributed by atoms with E-state index in [1.165, 1.54) is 19.3 Å². The molecule has 2 N–H and O–H groups in total. The Morgan fingerprint density at radius 1 is 1.25 bits per heavy atom. The van der Waals surface area contributed by atoms with E-state index in [1.807, 2.05) is 0 Å². The third kappa shape index (κ3) is 5.65. The van der Waals surface area contributed by atoms with Crippen LogP contribution in [-0.2, 0) is 4.79 Å². The molecule has 1 saturated heterocycles. The zero-order valence-electron chi connectivity index (χ0n) is 15.7. The van der Waals surface area contributed by atoms with Crippen LogP contribution in [0.1, 0.15) is 45.4 Å². The molecule has 0 aromatic rings. The SMILES string of the molecule is CCN(C)CCNC(=NC)NC1CCN(C(=O)C2CCCCC2)C1. The molecule has 0 radical (unpaired) electrons. The number of carbonyl (C=O) groups is 1. The molecule has 2 aliphatic rings. The van der Waals surface area contributed by atoms with Crippen LogP contribution in [0.4, 0.5) is 0 Å². The maximum atomic E-state index is 12.6. The van der Waals surface area contributed by atoms with Gasteiger partial charge in [-0.3, -0.25) is 9.79 Å². The normalized spacial score (nSPS) is 22.9. The first kappa shape index (κ1) is 19.0. The summed E-state index contributed by atoms with van der Waals surface area (Å²) >= 11 is 0. The second-order valence-electron chi connectivity index (χ2n) is 7.14. The number of amides is 1. The number of hydrogen-bond donors (Lipinski definition) is 2. The largest absolute Gasteiger partial charge is 0.355 e. The summed E-state index contributed by atoms with van der Waals surface area (Å²) in [5.74, 6) is 1.50. The quantitative estimate of drug-likeness (QED) is 0.566. The van der Waals surface area contributed by atoms with Gasteiger partial charge >= 0.3 is 0 Å². The molecule has 1 aliphatic heterocycles. The van der Waals surface area contributed by atoms with Crippen LogP contribution >= 0.6 is 0 Å². The molecule has 0 spiro atoms. The van der Waals surface area contributed by atoms with Gasteiger partial charge in [0.15, 0.2) is 5.96 Å². The van der Waals surface area contributed by atoms with Gasteiger partial charge in [-0.25, -0.2) is 0 Å². The Morgan fingerprint density at radius 3 is 2.67 bits per heavy atom. The number of rotatable bonds is 6. The average Bonchev–Trinajstić information content (AvgIpc) is 3.09. The van der Waals surface area contributed by atoms with Crippen molar-refractivity contribution in [3.8, 4) is 0 Å². The van der Waals surface area contributed by atoms with Gasteiger partial charge in [-0.05, 0) is 32.9 Å². The summed E-state index contributed by atoms with van der Waals surface area (Å²) in [5.41, 5.74) is 0.